The second-order valence-electron chi connectivity index (χ2n) is 8.35. The molecule has 2 heterocycles. The summed E-state index contributed by atoms with van der Waals surface area (Å²) in [6.07, 6.45) is 24.0. The van der Waals surface area contributed by atoms with Gasteiger partial charge in [-0.1, -0.05) is 70.8 Å². The second kappa shape index (κ2) is 16.7. The Labute approximate surface area is 194 Å². The predicted molar refractivity (Wildman–Crippen MR) is 134 cm³/mol. The number of rotatable bonds is 17. The Morgan fingerprint density at radius 1 is 0.968 bits per heavy atom. The topological polar surface area (TPSA) is 46.0 Å². The molecule has 172 valence electrons. The third-order valence-electron chi connectivity index (χ3n) is 5.59. The standard InChI is InChI=1S/C25H41N5S/c1-2-3-4-5-6-7-8-9-10-11-16-28-25(31)30(22-24-14-12-15-26-21-24)19-13-18-29-20-17-27-23-29/h12,14-15,17,20-21,23H,2-11,13,16,18-19,22H2,1H3,(H,28,31). The molecule has 2 aromatic rings. The molecule has 0 unspecified atom stereocenters. The first-order chi connectivity index (χ1) is 15.3. The monoisotopic (exact) mass is 443 g/mol. The number of aryl methyl sites for hydroxylation is 1. The summed E-state index contributed by atoms with van der Waals surface area (Å²) in [5.74, 6) is 0. The van der Waals surface area contributed by atoms with E-state index < -0.39 is 0 Å². The van der Waals surface area contributed by atoms with Gasteiger partial charge >= 0.3 is 0 Å². The maximum absolute atomic E-state index is 5.73. The zero-order valence-corrected chi connectivity index (χ0v) is 20.2. The minimum absolute atomic E-state index is 0.793. The van der Waals surface area contributed by atoms with Crippen molar-refractivity contribution in [2.75, 3.05) is 13.1 Å². The first-order valence-electron chi connectivity index (χ1n) is 12.2. The lowest BCUT2D eigenvalue weighted by Crippen LogP contribution is -2.40. The van der Waals surface area contributed by atoms with E-state index in [9.17, 15) is 0 Å². The van der Waals surface area contributed by atoms with Crippen LogP contribution in [-0.4, -0.2) is 37.6 Å². The van der Waals surface area contributed by atoms with Gasteiger partial charge in [-0.3, -0.25) is 4.98 Å². The van der Waals surface area contributed by atoms with Crippen LogP contribution in [0, 0.1) is 0 Å². The summed E-state index contributed by atoms with van der Waals surface area (Å²) >= 11 is 5.73. The van der Waals surface area contributed by atoms with Crippen molar-refractivity contribution in [3.8, 4) is 0 Å². The summed E-state index contributed by atoms with van der Waals surface area (Å²) < 4.78 is 2.11. The molecule has 0 aromatic carbocycles. The van der Waals surface area contributed by atoms with Gasteiger partial charge in [0.15, 0.2) is 5.11 Å². The molecule has 0 saturated heterocycles. The molecule has 5 nitrogen and oxygen atoms in total. The number of nitrogens with zero attached hydrogens (tertiary/aromatic N) is 4. The smallest absolute Gasteiger partial charge is 0.169 e. The summed E-state index contributed by atoms with van der Waals surface area (Å²) in [6.45, 7) is 5.89. The summed E-state index contributed by atoms with van der Waals surface area (Å²) in [7, 11) is 0. The van der Waals surface area contributed by atoms with E-state index in [0.717, 1.165) is 37.7 Å². The molecular formula is C25H41N5S. The first-order valence-corrected chi connectivity index (χ1v) is 12.6. The van der Waals surface area contributed by atoms with E-state index in [0.29, 0.717) is 0 Å². The SMILES string of the molecule is CCCCCCCCCCCCNC(=S)N(CCCn1ccnc1)Cc1cccnc1. The van der Waals surface area contributed by atoms with Crippen LogP contribution in [0.3, 0.4) is 0 Å². The van der Waals surface area contributed by atoms with Crippen LogP contribution in [0.2, 0.25) is 0 Å². The summed E-state index contributed by atoms with van der Waals surface area (Å²) in [5, 5.41) is 4.34. The summed E-state index contributed by atoms with van der Waals surface area (Å²) in [6, 6.07) is 4.10. The minimum atomic E-state index is 0.793. The average Bonchev–Trinajstić information content (AvgIpc) is 3.31. The molecule has 1 N–H and O–H groups in total. The van der Waals surface area contributed by atoms with Crippen LogP contribution in [0.25, 0.3) is 0 Å². The van der Waals surface area contributed by atoms with Crippen LogP contribution in [-0.2, 0) is 13.1 Å². The van der Waals surface area contributed by atoms with Crippen molar-refractivity contribution in [1.82, 2.24) is 24.8 Å². The number of thiocarbonyl (C=S) groups is 1. The van der Waals surface area contributed by atoms with Gasteiger partial charge in [0.25, 0.3) is 0 Å². The molecule has 0 aliphatic rings. The molecule has 0 saturated carbocycles. The maximum Gasteiger partial charge on any atom is 0.169 e. The quantitative estimate of drug-likeness (QED) is 0.241. The van der Waals surface area contributed by atoms with Crippen molar-refractivity contribution in [2.45, 2.75) is 90.6 Å². The number of aromatic nitrogens is 3. The molecule has 0 radical (unpaired) electrons. The molecule has 0 aliphatic heterocycles. The minimum Gasteiger partial charge on any atom is -0.363 e. The Kier molecular flexibility index (Phi) is 13.6. The van der Waals surface area contributed by atoms with Gasteiger partial charge in [0, 0.05) is 51.0 Å². The van der Waals surface area contributed by atoms with Gasteiger partial charge in [-0.25, -0.2) is 4.98 Å². The van der Waals surface area contributed by atoms with E-state index in [-0.39, 0.29) is 0 Å². The molecule has 0 bridgehead atoms. The fourth-order valence-electron chi connectivity index (χ4n) is 3.75. The van der Waals surface area contributed by atoms with E-state index in [1.54, 1.807) is 0 Å². The highest BCUT2D eigenvalue weighted by molar-refractivity contribution is 7.80. The highest BCUT2D eigenvalue weighted by atomic mass is 32.1. The molecular weight excluding hydrogens is 402 g/mol. The van der Waals surface area contributed by atoms with Gasteiger partial charge in [0.2, 0.25) is 0 Å². The normalized spacial score (nSPS) is 10.9. The highest BCUT2D eigenvalue weighted by Gasteiger charge is 2.10. The van der Waals surface area contributed by atoms with Gasteiger partial charge in [0.1, 0.15) is 0 Å². The Balaban J connectivity index is 1.62. The third kappa shape index (κ3) is 11.9. The zero-order chi connectivity index (χ0) is 22.0. The van der Waals surface area contributed by atoms with Crippen LogP contribution < -0.4 is 5.32 Å². The summed E-state index contributed by atoms with van der Waals surface area (Å²) in [4.78, 5) is 10.6. The van der Waals surface area contributed by atoms with E-state index in [4.69, 9.17) is 12.2 Å². The second-order valence-corrected chi connectivity index (χ2v) is 8.74. The molecule has 0 atom stereocenters. The van der Waals surface area contributed by atoms with Crippen LogP contribution in [0.4, 0.5) is 0 Å². The first kappa shape index (κ1) is 25.3. The number of nitrogens with one attached hydrogen (secondary N) is 1. The Hall–Kier alpha value is -1.95. The number of hydrogen-bond acceptors (Lipinski definition) is 3. The molecule has 0 aliphatic carbocycles. The van der Waals surface area contributed by atoms with Gasteiger partial charge in [-0.15, -0.1) is 0 Å². The van der Waals surface area contributed by atoms with Crippen LogP contribution in [0.1, 0.15) is 83.1 Å². The Morgan fingerprint density at radius 3 is 2.35 bits per heavy atom. The van der Waals surface area contributed by atoms with E-state index in [2.05, 4.69) is 37.7 Å². The van der Waals surface area contributed by atoms with Crippen LogP contribution in [0.5, 0.6) is 0 Å². The largest absolute Gasteiger partial charge is 0.363 e. The van der Waals surface area contributed by atoms with Gasteiger partial charge in [-0.2, -0.15) is 0 Å². The maximum atomic E-state index is 5.73. The molecule has 31 heavy (non-hydrogen) atoms. The molecule has 0 fully saturated rings. The fourth-order valence-corrected chi connectivity index (χ4v) is 4.01. The van der Waals surface area contributed by atoms with Crippen LogP contribution in [0.15, 0.2) is 43.2 Å². The average molecular weight is 444 g/mol. The van der Waals surface area contributed by atoms with Crippen molar-refractivity contribution in [1.29, 1.82) is 0 Å². The van der Waals surface area contributed by atoms with E-state index in [1.165, 1.54) is 69.8 Å². The molecule has 2 rings (SSSR count). The Morgan fingerprint density at radius 2 is 1.71 bits per heavy atom. The third-order valence-corrected chi connectivity index (χ3v) is 6.00. The van der Waals surface area contributed by atoms with Crippen molar-refractivity contribution < 1.29 is 0 Å². The fraction of sp³-hybridized carbons (Fsp3) is 0.640. The lowest BCUT2D eigenvalue weighted by molar-refractivity contribution is 0.383. The van der Waals surface area contributed by atoms with Gasteiger partial charge in [-0.05, 0) is 36.7 Å². The molecule has 0 spiro atoms. The van der Waals surface area contributed by atoms with Gasteiger partial charge in [0.05, 0.1) is 6.33 Å². The van der Waals surface area contributed by atoms with Crippen LogP contribution >= 0.6 is 12.2 Å². The number of unbranched alkanes of at least 4 members (excludes halogenated alkanes) is 9. The lowest BCUT2D eigenvalue weighted by Gasteiger charge is -2.26. The van der Waals surface area contributed by atoms with Crippen molar-refractivity contribution >= 4 is 17.3 Å². The molecule has 0 amide bonds. The number of imidazole rings is 1. The van der Waals surface area contributed by atoms with Crippen molar-refractivity contribution in [3.05, 3.63) is 48.8 Å². The Bertz CT molecular complexity index is 674. The summed E-state index contributed by atoms with van der Waals surface area (Å²) in [5.41, 5.74) is 1.19. The highest BCUT2D eigenvalue weighted by Crippen LogP contribution is 2.10. The zero-order valence-electron chi connectivity index (χ0n) is 19.3. The van der Waals surface area contributed by atoms with E-state index >= 15 is 0 Å². The molecule has 6 heteroatoms. The number of pyridine rings is 1. The van der Waals surface area contributed by atoms with E-state index in [1.807, 2.05) is 37.2 Å². The van der Waals surface area contributed by atoms with Crippen molar-refractivity contribution in [3.63, 3.8) is 0 Å². The van der Waals surface area contributed by atoms with Crippen molar-refractivity contribution in [2.24, 2.45) is 0 Å². The number of hydrogen-bond donors (Lipinski definition) is 1. The lowest BCUT2D eigenvalue weighted by atomic mass is 10.1. The van der Waals surface area contributed by atoms with Gasteiger partial charge < -0.3 is 14.8 Å². The predicted octanol–water partition coefficient (Wildman–Crippen LogP) is 5.97. The molecule has 2 aromatic heterocycles.